The van der Waals surface area contributed by atoms with E-state index < -0.39 is 12.5 Å². The molecule has 0 aliphatic rings. The van der Waals surface area contributed by atoms with E-state index >= 15 is 0 Å². The standard InChI is InChI=1S/C13H17F3O3/c1-2-18-8-7-11(17)9-10-3-5-12(6-4-10)19-13(14,15)16/h3-6,11,17H,2,7-9H2,1H3. The van der Waals surface area contributed by atoms with Gasteiger partial charge in [-0.2, -0.15) is 0 Å². The van der Waals surface area contributed by atoms with Crippen molar-refractivity contribution in [3.8, 4) is 5.75 Å². The Morgan fingerprint density at radius 2 is 1.84 bits per heavy atom. The predicted octanol–water partition coefficient (Wildman–Crippen LogP) is 2.92. The van der Waals surface area contributed by atoms with E-state index in [1.807, 2.05) is 6.92 Å². The van der Waals surface area contributed by atoms with Crippen LogP contribution in [0.5, 0.6) is 5.75 Å². The highest BCUT2D eigenvalue weighted by atomic mass is 19.4. The Labute approximate surface area is 110 Å². The Hall–Kier alpha value is -1.27. The fraction of sp³-hybridized carbons (Fsp3) is 0.538. The van der Waals surface area contributed by atoms with Gasteiger partial charge in [0.15, 0.2) is 0 Å². The molecule has 0 bridgehead atoms. The molecule has 0 spiro atoms. The summed E-state index contributed by atoms with van der Waals surface area (Å²) in [6.45, 7) is 2.93. The number of halogens is 3. The molecule has 0 aliphatic heterocycles. The molecule has 0 saturated heterocycles. The van der Waals surface area contributed by atoms with E-state index in [1.165, 1.54) is 24.3 Å². The van der Waals surface area contributed by atoms with Crippen LogP contribution in [0.25, 0.3) is 0 Å². The second-order valence-electron chi connectivity index (χ2n) is 4.04. The lowest BCUT2D eigenvalue weighted by Crippen LogP contribution is -2.17. The zero-order chi connectivity index (χ0) is 14.3. The molecule has 1 aromatic carbocycles. The number of hydrogen-bond donors (Lipinski definition) is 1. The average Bonchev–Trinajstić information content (AvgIpc) is 2.30. The molecule has 0 fully saturated rings. The summed E-state index contributed by atoms with van der Waals surface area (Å²) in [7, 11) is 0. The van der Waals surface area contributed by atoms with Gasteiger partial charge in [-0.15, -0.1) is 13.2 Å². The first-order chi connectivity index (χ1) is 8.90. The Balaban J connectivity index is 2.43. The lowest BCUT2D eigenvalue weighted by molar-refractivity contribution is -0.274. The normalized spacial score (nSPS) is 13.3. The second-order valence-corrected chi connectivity index (χ2v) is 4.04. The Morgan fingerprint density at radius 3 is 2.37 bits per heavy atom. The van der Waals surface area contributed by atoms with Crippen LogP contribution in [0.1, 0.15) is 18.9 Å². The average molecular weight is 278 g/mol. The topological polar surface area (TPSA) is 38.7 Å². The molecule has 6 heteroatoms. The number of aliphatic hydroxyl groups is 1. The van der Waals surface area contributed by atoms with Crippen LogP contribution in [-0.4, -0.2) is 30.8 Å². The highest BCUT2D eigenvalue weighted by Gasteiger charge is 2.30. The molecule has 1 atom stereocenters. The lowest BCUT2D eigenvalue weighted by Gasteiger charge is -2.12. The van der Waals surface area contributed by atoms with Gasteiger partial charge in [-0.05, 0) is 37.5 Å². The molecular formula is C13H17F3O3. The van der Waals surface area contributed by atoms with Crippen LogP contribution in [-0.2, 0) is 11.2 Å². The van der Waals surface area contributed by atoms with Crippen molar-refractivity contribution in [2.24, 2.45) is 0 Å². The fourth-order valence-electron chi connectivity index (χ4n) is 1.57. The SMILES string of the molecule is CCOCCC(O)Cc1ccc(OC(F)(F)F)cc1. The van der Waals surface area contributed by atoms with E-state index in [4.69, 9.17) is 4.74 Å². The van der Waals surface area contributed by atoms with Gasteiger partial charge in [0.25, 0.3) is 0 Å². The number of aliphatic hydroxyl groups excluding tert-OH is 1. The summed E-state index contributed by atoms with van der Waals surface area (Å²) in [6.07, 6.45) is -4.38. The molecule has 0 heterocycles. The third kappa shape index (κ3) is 7.03. The van der Waals surface area contributed by atoms with Crippen molar-refractivity contribution in [2.45, 2.75) is 32.2 Å². The first-order valence-electron chi connectivity index (χ1n) is 6.01. The van der Waals surface area contributed by atoms with E-state index in [-0.39, 0.29) is 5.75 Å². The van der Waals surface area contributed by atoms with Gasteiger partial charge < -0.3 is 14.6 Å². The summed E-state index contributed by atoms with van der Waals surface area (Å²) in [4.78, 5) is 0. The molecule has 0 aromatic heterocycles. The predicted molar refractivity (Wildman–Crippen MR) is 63.9 cm³/mol. The summed E-state index contributed by atoms with van der Waals surface area (Å²) in [5, 5.41) is 9.69. The smallest absolute Gasteiger partial charge is 0.406 e. The van der Waals surface area contributed by atoms with E-state index in [0.717, 1.165) is 5.56 Å². The van der Waals surface area contributed by atoms with Gasteiger partial charge in [-0.3, -0.25) is 0 Å². The first-order valence-corrected chi connectivity index (χ1v) is 6.01. The molecule has 0 saturated carbocycles. The minimum absolute atomic E-state index is 0.264. The third-order valence-corrected chi connectivity index (χ3v) is 2.43. The van der Waals surface area contributed by atoms with Gasteiger partial charge in [0.1, 0.15) is 5.75 Å². The largest absolute Gasteiger partial charge is 0.573 e. The lowest BCUT2D eigenvalue weighted by atomic mass is 10.1. The number of hydrogen-bond acceptors (Lipinski definition) is 3. The van der Waals surface area contributed by atoms with Crippen LogP contribution < -0.4 is 4.74 Å². The second kappa shape index (κ2) is 7.35. The van der Waals surface area contributed by atoms with Crippen LogP contribution in [0.2, 0.25) is 0 Å². The summed E-state index contributed by atoms with van der Waals surface area (Å²) in [5.41, 5.74) is 0.749. The van der Waals surface area contributed by atoms with Crippen LogP contribution in [0.3, 0.4) is 0 Å². The molecule has 19 heavy (non-hydrogen) atoms. The summed E-state index contributed by atoms with van der Waals surface area (Å²) >= 11 is 0. The number of alkyl halides is 3. The zero-order valence-electron chi connectivity index (χ0n) is 10.6. The van der Waals surface area contributed by atoms with Crippen molar-refractivity contribution < 1.29 is 27.8 Å². The van der Waals surface area contributed by atoms with Gasteiger partial charge in [0.05, 0.1) is 6.10 Å². The molecule has 3 nitrogen and oxygen atoms in total. The maximum Gasteiger partial charge on any atom is 0.573 e. The van der Waals surface area contributed by atoms with E-state index in [9.17, 15) is 18.3 Å². The Morgan fingerprint density at radius 1 is 1.21 bits per heavy atom. The highest BCUT2D eigenvalue weighted by Crippen LogP contribution is 2.23. The first kappa shape index (κ1) is 15.8. The minimum atomic E-state index is -4.68. The van der Waals surface area contributed by atoms with Crippen molar-refractivity contribution in [3.63, 3.8) is 0 Å². The maximum absolute atomic E-state index is 11.9. The Kier molecular flexibility index (Phi) is 6.11. The summed E-state index contributed by atoms with van der Waals surface area (Å²) in [5.74, 6) is -0.264. The van der Waals surface area contributed by atoms with Crippen LogP contribution in [0.4, 0.5) is 13.2 Å². The van der Waals surface area contributed by atoms with Crippen LogP contribution >= 0.6 is 0 Å². The van der Waals surface area contributed by atoms with Gasteiger partial charge in [0.2, 0.25) is 0 Å². The van der Waals surface area contributed by atoms with E-state index in [0.29, 0.717) is 26.1 Å². The van der Waals surface area contributed by atoms with Crippen LogP contribution in [0, 0.1) is 0 Å². The molecule has 0 aliphatic carbocycles. The summed E-state index contributed by atoms with van der Waals surface area (Å²) < 4.78 is 44.7. The summed E-state index contributed by atoms with van der Waals surface area (Å²) in [6, 6.07) is 5.48. The van der Waals surface area contributed by atoms with Crippen molar-refractivity contribution in [2.75, 3.05) is 13.2 Å². The monoisotopic (exact) mass is 278 g/mol. The molecule has 1 rings (SSSR count). The number of benzene rings is 1. The molecule has 108 valence electrons. The van der Waals surface area contributed by atoms with Crippen molar-refractivity contribution >= 4 is 0 Å². The van der Waals surface area contributed by atoms with Crippen molar-refractivity contribution in [1.29, 1.82) is 0 Å². The number of rotatable bonds is 7. The van der Waals surface area contributed by atoms with Crippen molar-refractivity contribution in [1.82, 2.24) is 0 Å². The molecule has 1 unspecified atom stereocenters. The number of ether oxygens (including phenoxy) is 2. The van der Waals surface area contributed by atoms with E-state index in [1.54, 1.807) is 0 Å². The quantitative estimate of drug-likeness (QED) is 0.779. The van der Waals surface area contributed by atoms with Crippen LogP contribution in [0.15, 0.2) is 24.3 Å². The van der Waals surface area contributed by atoms with Gasteiger partial charge in [-0.1, -0.05) is 12.1 Å². The fourth-order valence-corrected chi connectivity index (χ4v) is 1.57. The van der Waals surface area contributed by atoms with Gasteiger partial charge in [-0.25, -0.2) is 0 Å². The third-order valence-electron chi connectivity index (χ3n) is 2.43. The molecule has 1 aromatic rings. The highest BCUT2D eigenvalue weighted by molar-refractivity contribution is 5.27. The van der Waals surface area contributed by atoms with Gasteiger partial charge in [0, 0.05) is 13.2 Å². The molecule has 0 amide bonds. The van der Waals surface area contributed by atoms with Gasteiger partial charge >= 0.3 is 6.36 Å². The molecular weight excluding hydrogens is 261 g/mol. The molecule has 1 N–H and O–H groups in total. The van der Waals surface area contributed by atoms with Crippen molar-refractivity contribution in [3.05, 3.63) is 29.8 Å². The maximum atomic E-state index is 11.9. The van der Waals surface area contributed by atoms with E-state index in [2.05, 4.69) is 4.74 Å². The Bertz CT molecular complexity index is 362. The minimum Gasteiger partial charge on any atom is -0.406 e. The zero-order valence-corrected chi connectivity index (χ0v) is 10.6. The molecule has 0 radical (unpaired) electrons.